The van der Waals surface area contributed by atoms with Crippen LogP contribution in [0.25, 0.3) is 10.2 Å². The molecule has 0 spiro atoms. The van der Waals surface area contributed by atoms with E-state index >= 15 is 0 Å². The number of benzene rings is 1. The van der Waals surface area contributed by atoms with Gasteiger partial charge in [-0.2, -0.15) is 0 Å². The van der Waals surface area contributed by atoms with E-state index < -0.39 is 0 Å². The van der Waals surface area contributed by atoms with Crippen molar-refractivity contribution in [2.24, 2.45) is 0 Å². The van der Waals surface area contributed by atoms with Gasteiger partial charge < -0.3 is 15.0 Å². The van der Waals surface area contributed by atoms with Gasteiger partial charge in [0.05, 0.1) is 17.3 Å². The quantitative estimate of drug-likeness (QED) is 0.882. The molecule has 0 saturated heterocycles. The van der Waals surface area contributed by atoms with Gasteiger partial charge in [0.15, 0.2) is 5.13 Å². The van der Waals surface area contributed by atoms with Crippen molar-refractivity contribution in [1.29, 1.82) is 0 Å². The van der Waals surface area contributed by atoms with Crippen LogP contribution in [-0.2, 0) is 0 Å². The third-order valence-corrected chi connectivity index (χ3v) is 4.19. The molecule has 4 nitrogen and oxygen atoms in total. The van der Waals surface area contributed by atoms with E-state index in [4.69, 9.17) is 4.74 Å². The molecule has 1 aromatic carbocycles. The van der Waals surface area contributed by atoms with Crippen LogP contribution in [0.3, 0.4) is 0 Å². The molecule has 0 aliphatic heterocycles. The molecule has 0 bridgehead atoms. The fourth-order valence-electron chi connectivity index (χ4n) is 1.70. The molecule has 0 amide bonds. The van der Waals surface area contributed by atoms with Gasteiger partial charge in [0.2, 0.25) is 0 Å². The normalized spacial score (nSPS) is 11.5. The highest BCUT2D eigenvalue weighted by molar-refractivity contribution is 7.22. The summed E-state index contributed by atoms with van der Waals surface area (Å²) in [6.45, 7) is 6.32. The smallest absolute Gasteiger partial charge is 0.183 e. The summed E-state index contributed by atoms with van der Waals surface area (Å²) in [6.07, 6.45) is 0. The number of fused-ring (bicyclic) bond motifs is 1. The summed E-state index contributed by atoms with van der Waals surface area (Å²) in [6, 6.07) is 6.54. The minimum Gasteiger partial charge on any atom is -0.497 e. The standard InChI is InChI=1S/C14H21N3OS/c1-10(2)17(3)8-7-15-14-16-12-6-5-11(18-4)9-13(12)19-14/h5-6,9-10H,7-8H2,1-4H3,(H,15,16). The largest absolute Gasteiger partial charge is 0.497 e. The van der Waals surface area contributed by atoms with E-state index in [0.717, 1.165) is 34.2 Å². The molecule has 1 heterocycles. The molecular weight excluding hydrogens is 258 g/mol. The number of nitrogens with zero attached hydrogens (tertiary/aromatic N) is 2. The predicted octanol–water partition coefficient (Wildman–Crippen LogP) is 3.06. The molecule has 0 fully saturated rings. The maximum Gasteiger partial charge on any atom is 0.183 e. The summed E-state index contributed by atoms with van der Waals surface area (Å²) in [5.41, 5.74) is 1.02. The first-order valence-corrected chi connectivity index (χ1v) is 7.30. The van der Waals surface area contributed by atoms with Crippen molar-refractivity contribution in [3.05, 3.63) is 18.2 Å². The number of hydrogen-bond acceptors (Lipinski definition) is 5. The van der Waals surface area contributed by atoms with E-state index in [2.05, 4.69) is 36.1 Å². The van der Waals surface area contributed by atoms with Gasteiger partial charge in [-0.05, 0) is 39.1 Å². The second-order valence-electron chi connectivity index (χ2n) is 4.85. The van der Waals surface area contributed by atoms with Gasteiger partial charge in [-0.3, -0.25) is 0 Å². The Labute approximate surface area is 118 Å². The molecule has 0 atom stereocenters. The van der Waals surface area contributed by atoms with E-state index in [0.29, 0.717) is 6.04 Å². The lowest BCUT2D eigenvalue weighted by molar-refractivity contribution is 0.284. The molecule has 5 heteroatoms. The summed E-state index contributed by atoms with van der Waals surface area (Å²) < 4.78 is 6.37. The lowest BCUT2D eigenvalue weighted by atomic mass is 10.3. The molecule has 1 N–H and O–H groups in total. The minimum atomic E-state index is 0.571. The monoisotopic (exact) mass is 279 g/mol. The number of methoxy groups -OCH3 is 1. The molecule has 0 aliphatic carbocycles. The number of rotatable bonds is 6. The van der Waals surface area contributed by atoms with E-state index in [1.807, 2.05) is 18.2 Å². The zero-order chi connectivity index (χ0) is 13.8. The maximum absolute atomic E-state index is 5.22. The number of hydrogen-bond donors (Lipinski definition) is 1. The Morgan fingerprint density at radius 1 is 1.42 bits per heavy atom. The van der Waals surface area contributed by atoms with E-state index in [-0.39, 0.29) is 0 Å². The van der Waals surface area contributed by atoms with E-state index in [9.17, 15) is 0 Å². The molecule has 0 radical (unpaired) electrons. The Bertz CT molecular complexity index is 538. The van der Waals surface area contributed by atoms with Gasteiger partial charge in [-0.15, -0.1) is 0 Å². The molecule has 1 aromatic heterocycles. The zero-order valence-corrected chi connectivity index (χ0v) is 12.8. The number of aromatic nitrogens is 1. The Morgan fingerprint density at radius 2 is 2.21 bits per heavy atom. The lowest BCUT2D eigenvalue weighted by Gasteiger charge is -2.20. The van der Waals surface area contributed by atoms with Crippen molar-refractivity contribution >= 4 is 26.7 Å². The van der Waals surface area contributed by atoms with Gasteiger partial charge in [0, 0.05) is 19.1 Å². The molecule has 0 unspecified atom stereocenters. The summed E-state index contributed by atoms with van der Waals surface area (Å²) in [5.74, 6) is 0.877. The van der Waals surface area contributed by atoms with Crippen LogP contribution in [0.5, 0.6) is 5.75 Å². The van der Waals surface area contributed by atoms with Gasteiger partial charge in [-0.25, -0.2) is 4.98 Å². The van der Waals surface area contributed by atoms with Gasteiger partial charge in [0.1, 0.15) is 5.75 Å². The lowest BCUT2D eigenvalue weighted by Crippen LogP contribution is -2.31. The Balaban J connectivity index is 1.98. The SMILES string of the molecule is COc1ccc2nc(NCCN(C)C(C)C)sc2c1. The average molecular weight is 279 g/mol. The number of likely N-dealkylation sites (N-methyl/N-ethyl adjacent to an activating group) is 1. The highest BCUT2D eigenvalue weighted by Gasteiger charge is 2.06. The Kier molecular flexibility index (Phi) is 4.61. The van der Waals surface area contributed by atoms with E-state index in [1.54, 1.807) is 18.4 Å². The number of nitrogens with one attached hydrogen (secondary N) is 1. The van der Waals surface area contributed by atoms with Crippen LogP contribution in [0.1, 0.15) is 13.8 Å². The van der Waals surface area contributed by atoms with E-state index in [1.165, 1.54) is 0 Å². The van der Waals surface area contributed by atoms with Crippen LogP contribution in [0.4, 0.5) is 5.13 Å². The van der Waals surface area contributed by atoms with Gasteiger partial charge >= 0.3 is 0 Å². The summed E-state index contributed by atoms with van der Waals surface area (Å²) >= 11 is 1.67. The van der Waals surface area contributed by atoms with Crippen LogP contribution in [-0.4, -0.2) is 43.2 Å². The molecule has 2 rings (SSSR count). The first kappa shape index (κ1) is 14.1. The Morgan fingerprint density at radius 3 is 2.89 bits per heavy atom. The topological polar surface area (TPSA) is 37.4 Å². The van der Waals surface area contributed by atoms with Gasteiger partial charge in [0.25, 0.3) is 0 Å². The second-order valence-corrected chi connectivity index (χ2v) is 5.88. The summed E-state index contributed by atoms with van der Waals surface area (Å²) in [4.78, 5) is 6.87. The first-order valence-electron chi connectivity index (χ1n) is 6.49. The third kappa shape index (κ3) is 3.58. The fourth-order valence-corrected chi connectivity index (χ4v) is 2.62. The molecule has 19 heavy (non-hydrogen) atoms. The van der Waals surface area contributed by atoms with Crippen LogP contribution in [0.2, 0.25) is 0 Å². The minimum absolute atomic E-state index is 0.571. The number of anilines is 1. The molecule has 2 aromatic rings. The third-order valence-electron chi connectivity index (χ3n) is 3.22. The molecular formula is C14H21N3OS. The second kappa shape index (κ2) is 6.21. The maximum atomic E-state index is 5.22. The zero-order valence-electron chi connectivity index (χ0n) is 11.9. The van der Waals surface area contributed by atoms with Crippen LogP contribution in [0, 0.1) is 0 Å². The Hall–Kier alpha value is -1.33. The van der Waals surface area contributed by atoms with Crippen molar-refractivity contribution < 1.29 is 4.74 Å². The predicted molar refractivity (Wildman–Crippen MR) is 82.4 cm³/mol. The fraction of sp³-hybridized carbons (Fsp3) is 0.500. The number of thiazole rings is 1. The highest BCUT2D eigenvalue weighted by Crippen LogP contribution is 2.28. The summed E-state index contributed by atoms with van der Waals surface area (Å²) in [7, 11) is 3.82. The first-order chi connectivity index (χ1) is 9.10. The average Bonchev–Trinajstić information content (AvgIpc) is 2.79. The van der Waals surface area contributed by atoms with Gasteiger partial charge in [-0.1, -0.05) is 11.3 Å². The highest BCUT2D eigenvalue weighted by atomic mass is 32.1. The van der Waals surface area contributed by atoms with Crippen molar-refractivity contribution in [3.63, 3.8) is 0 Å². The van der Waals surface area contributed by atoms with Crippen molar-refractivity contribution in [2.45, 2.75) is 19.9 Å². The number of ether oxygens (including phenoxy) is 1. The van der Waals surface area contributed by atoms with Crippen LogP contribution < -0.4 is 10.1 Å². The van der Waals surface area contributed by atoms with Crippen molar-refractivity contribution in [1.82, 2.24) is 9.88 Å². The van der Waals surface area contributed by atoms with Crippen LogP contribution in [0.15, 0.2) is 18.2 Å². The summed E-state index contributed by atoms with van der Waals surface area (Å²) in [5, 5.41) is 4.35. The molecule has 0 aliphatic rings. The molecule has 104 valence electrons. The molecule has 0 saturated carbocycles. The van der Waals surface area contributed by atoms with Crippen molar-refractivity contribution in [3.8, 4) is 5.75 Å². The van der Waals surface area contributed by atoms with Crippen molar-refractivity contribution in [2.75, 3.05) is 32.6 Å². The van der Waals surface area contributed by atoms with Crippen LogP contribution >= 0.6 is 11.3 Å².